The van der Waals surface area contributed by atoms with E-state index in [1.807, 2.05) is 31.2 Å². The van der Waals surface area contributed by atoms with Gasteiger partial charge in [0.2, 0.25) is 5.91 Å². The van der Waals surface area contributed by atoms with E-state index in [0.717, 1.165) is 32.5 Å². The second kappa shape index (κ2) is 8.52. The molecule has 0 unspecified atom stereocenters. The number of aryl methyl sites for hydroxylation is 1. The van der Waals surface area contributed by atoms with Crippen LogP contribution >= 0.6 is 15.9 Å². The van der Waals surface area contributed by atoms with Crippen molar-refractivity contribution in [1.82, 2.24) is 5.32 Å². The van der Waals surface area contributed by atoms with Crippen molar-refractivity contribution in [3.8, 4) is 5.75 Å². The van der Waals surface area contributed by atoms with E-state index in [2.05, 4.69) is 54.2 Å². The van der Waals surface area contributed by atoms with Crippen molar-refractivity contribution in [1.29, 1.82) is 0 Å². The summed E-state index contributed by atoms with van der Waals surface area (Å²) in [6.07, 6.45) is 0.371. The second-order valence-corrected chi connectivity index (χ2v) is 7.62. The number of halogens is 1. The number of hydrogen-bond donors (Lipinski definition) is 1. The van der Waals surface area contributed by atoms with E-state index in [4.69, 9.17) is 4.74 Å². The quantitative estimate of drug-likeness (QED) is 0.709. The van der Waals surface area contributed by atoms with Crippen LogP contribution in [0.15, 0.2) is 40.9 Å². The molecular formula is C21H26BrNO2. The summed E-state index contributed by atoms with van der Waals surface area (Å²) >= 11 is 3.44. The average Bonchev–Trinajstić information content (AvgIpc) is 2.53. The van der Waals surface area contributed by atoms with Crippen molar-refractivity contribution < 1.29 is 9.53 Å². The van der Waals surface area contributed by atoms with Gasteiger partial charge in [0.1, 0.15) is 5.75 Å². The van der Waals surface area contributed by atoms with Crippen molar-refractivity contribution in [2.75, 3.05) is 7.11 Å². The van der Waals surface area contributed by atoms with Gasteiger partial charge in [-0.1, -0.05) is 41.9 Å². The molecule has 0 heterocycles. The van der Waals surface area contributed by atoms with Crippen LogP contribution < -0.4 is 10.1 Å². The van der Waals surface area contributed by atoms with Crippen LogP contribution in [0, 0.1) is 6.92 Å². The summed E-state index contributed by atoms with van der Waals surface area (Å²) in [6, 6.07) is 12.0. The Bertz CT molecular complexity index is 756. The van der Waals surface area contributed by atoms with E-state index < -0.39 is 0 Å². The zero-order valence-electron chi connectivity index (χ0n) is 15.5. The number of rotatable bonds is 6. The first-order chi connectivity index (χ1) is 11.8. The lowest BCUT2D eigenvalue weighted by Gasteiger charge is -2.21. The largest absolute Gasteiger partial charge is 0.496 e. The molecule has 0 aliphatic heterocycles. The lowest BCUT2D eigenvalue weighted by atomic mass is 9.93. The smallest absolute Gasteiger partial charge is 0.224 e. The van der Waals surface area contributed by atoms with Crippen molar-refractivity contribution in [3.05, 3.63) is 63.1 Å². The third-order valence-corrected chi connectivity index (χ3v) is 4.83. The number of hydrogen-bond acceptors (Lipinski definition) is 2. The molecule has 4 heteroatoms. The Morgan fingerprint density at radius 2 is 1.88 bits per heavy atom. The highest BCUT2D eigenvalue weighted by Gasteiger charge is 2.17. The number of carbonyl (C=O) groups excluding carboxylic acids is 1. The summed E-state index contributed by atoms with van der Waals surface area (Å²) in [5.41, 5.74) is 4.41. The molecule has 0 radical (unpaired) electrons. The lowest BCUT2D eigenvalue weighted by Crippen LogP contribution is -2.28. The van der Waals surface area contributed by atoms with Crippen LogP contribution in [0.2, 0.25) is 0 Å². The number of amides is 1. The monoisotopic (exact) mass is 403 g/mol. The zero-order valence-corrected chi connectivity index (χ0v) is 17.1. The zero-order chi connectivity index (χ0) is 18.6. The van der Waals surface area contributed by atoms with E-state index in [-0.39, 0.29) is 11.9 Å². The van der Waals surface area contributed by atoms with E-state index >= 15 is 0 Å². The molecule has 1 N–H and O–H groups in total. The van der Waals surface area contributed by atoms with Gasteiger partial charge in [-0.05, 0) is 66.3 Å². The van der Waals surface area contributed by atoms with Gasteiger partial charge in [0.25, 0.3) is 0 Å². The number of benzene rings is 2. The summed E-state index contributed by atoms with van der Waals surface area (Å²) in [6.45, 7) is 8.37. The predicted molar refractivity (Wildman–Crippen MR) is 106 cm³/mol. The van der Waals surface area contributed by atoms with Crippen LogP contribution in [0.3, 0.4) is 0 Å². The van der Waals surface area contributed by atoms with Crippen molar-refractivity contribution >= 4 is 21.8 Å². The minimum Gasteiger partial charge on any atom is -0.496 e. The summed E-state index contributed by atoms with van der Waals surface area (Å²) in [5, 5.41) is 3.11. The molecule has 0 saturated heterocycles. The molecule has 25 heavy (non-hydrogen) atoms. The molecule has 1 amide bonds. The summed E-state index contributed by atoms with van der Waals surface area (Å²) < 4.78 is 6.49. The van der Waals surface area contributed by atoms with Crippen molar-refractivity contribution in [2.45, 2.75) is 46.1 Å². The Hall–Kier alpha value is -1.81. The minimum atomic E-state index is -0.0527. The van der Waals surface area contributed by atoms with E-state index in [0.29, 0.717) is 12.3 Å². The molecule has 3 nitrogen and oxygen atoms in total. The number of methoxy groups -OCH3 is 1. The molecule has 2 rings (SSSR count). The number of ether oxygens (including phenoxy) is 1. The normalized spacial score (nSPS) is 12.1. The van der Waals surface area contributed by atoms with Gasteiger partial charge < -0.3 is 10.1 Å². The van der Waals surface area contributed by atoms with Gasteiger partial charge in [0.05, 0.1) is 19.6 Å². The highest BCUT2D eigenvalue weighted by atomic mass is 79.9. The number of carbonyl (C=O) groups is 1. The molecule has 2 aromatic rings. The first kappa shape index (κ1) is 19.5. The molecular weight excluding hydrogens is 378 g/mol. The van der Waals surface area contributed by atoms with Gasteiger partial charge >= 0.3 is 0 Å². The van der Waals surface area contributed by atoms with Crippen LogP contribution in [0.4, 0.5) is 0 Å². The lowest BCUT2D eigenvalue weighted by molar-refractivity contribution is -0.121. The molecule has 0 bridgehead atoms. The Morgan fingerprint density at radius 3 is 2.48 bits per heavy atom. The highest BCUT2D eigenvalue weighted by Crippen LogP contribution is 2.32. The van der Waals surface area contributed by atoms with Crippen LogP contribution in [0.5, 0.6) is 5.75 Å². The average molecular weight is 404 g/mol. The molecule has 0 spiro atoms. The van der Waals surface area contributed by atoms with Gasteiger partial charge in [0, 0.05) is 4.47 Å². The van der Waals surface area contributed by atoms with Crippen LogP contribution in [-0.2, 0) is 11.2 Å². The Labute approximate surface area is 158 Å². The maximum Gasteiger partial charge on any atom is 0.224 e. The minimum absolute atomic E-state index is 0.0203. The molecule has 134 valence electrons. The maximum absolute atomic E-state index is 12.4. The first-order valence-corrected chi connectivity index (χ1v) is 9.33. The van der Waals surface area contributed by atoms with Crippen molar-refractivity contribution in [2.24, 2.45) is 0 Å². The van der Waals surface area contributed by atoms with Crippen LogP contribution in [0.1, 0.15) is 55.0 Å². The van der Waals surface area contributed by atoms with Gasteiger partial charge in [-0.25, -0.2) is 0 Å². The third-order valence-electron chi connectivity index (χ3n) is 4.34. The van der Waals surface area contributed by atoms with E-state index in [1.165, 1.54) is 0 Å². The third kappa shape index (κ3) is 5.08. The van der Waals surface area contributed by atoms with E-state index in [1.54, 1.807) is 7.11 Å². The second-order valence-electron chi connectivity index (χ2n) is 6.70. The van der Waals surface area contributed by atoms with E-state index in [9.17, 15) is 4.79 Å². The van der Waals surface area contributed by atoms with Crippen LogP contribution in [0.25, 0.3) is 0 Å². The van der Waals surface area contributed by atoms with Crippen LogP contribution in [-0.4, -0.2) is 13.0 Å². The molecule has 1 atom stereocenters. The topological polar surface area (TPSA) is 38.3 Å². The van der Waals surface area contributed by atoms with Gasteiger partial charge in [-0.15, -0.1) is 0 Å². The Balaban J connectivity index is 2.15. The summed E-state index contributed by atoms with van der Waals surface area (Å²) in [5.74, 6) is 1.29. The Morgan fingerprint density at radius 1 is 1.16 bits per heavy atom. The van der Waals surface area contributed by atoms with Gasteiger partial charge in [-0.3, -0.25) is 4.79 Å². The first-order valence-electron chi connectivity index (χ1n) is 8.54. The summed E-state index contributed by atoms with van der Waals surface area (Å²) in [7, 11) is 1.70. The fraction of sp³-hybridized carbons (Fsp3) is 0.381. The van der Waals surface area contributed by atoms with Gasteiger partial charge in [0.15, 0.2) is 0 Å². The molecule has 0 aliphatic rings. The number of nitrogens with one attached hydrogen (secondary N) is 1. The molecule has 0 saturated carbocycles. The predicted octanol–water partition coefficient (Wildman–Crippen LogP) is 5.31. The van der Waals surface area contributed by atoms with Gasteiger partial charge in [-0.2, -0.15) is 0 Å². The summed E-state index contributed by atoms with van der Waals surface area (Å²) in [4.78, 5) is 12.4. The molecule has 0 aromatic heterocycles. The standard InChI is InChI=1S/C21H26BrNO2/c1-13(2)18-12-19(14(3)9-20(18)25-5)15(4)23-21(24)11-16-7-6-8-17(22)10-16/h6-10,12-13,15H,11H2,1-5H3,(H,23,24)/t15-/m1/s1. The van der Waals surface area contributed by atoms with Crippen molar-refractivity contribution in [3.63, 3.8) is 0 Å². The maximum atomic E-state index is 12.4. The SMILES string of the molecule is COc1cc(C)c([C@@H](C)NC(=O)Cc2cccc(Br)c2)cc1C(C)C. The highest BCUT2D eigenvalue weighted by molar-refractivity contribution is 9.10. The Kier molecular flexibility index (Phi) is 6.65. The fourth-order valence-corrected chi connectivity index (χ4v) is 3.46. The molecule has 0 aliphatic carbocycles. The fourth-order valence-electron chi connectivity index (χ4n) is 3.01. The molecule has 2 aromatic carbocycles. The molecule has 0 fully saturated rings.